The monoisotopic (exact) mass is 316 g/mol. The Kier molecular flexibility index (Phi) is 23.6. The van der Waals surface area contributed by atoms with E-state index >= 15 is 0 Å². The maximum absolute atomic E-state index is 2.26. The van der Waals surface area contributed by atoms with Crippen molar-refractivity contribution in [3.63, 3.8) is 0 Å². The van der Waals surface area contributed by atoms with Crippen LogP contribution < -0.4 is 0 Å². The van der Waals surface area contributed by atoms with Crippen LogP contribution in [-0.4, -0.2) is 0 Å². The van der Waals surface area contributed by atoms with Gasteiger partial charge in [0.2, 0.25) is 0 Å². The van der Waals surface area contributed by atoms with Gasteiger partial charge in [0.25, 0.3) is 0 Å². The van der Waals surface area contributed by atoms with Crippen LogP contribution in [0, 0.1) is 35.0 Å². The van der Waals surface area contributed by atoms with Gasteiger partial charge in [0, 0.05) is 0 Å². The van der Waals surface area contributed by atoms with Crippen LogP contribution >= 0.6 is 0 Å². The average molecular weight is 317 g/mol. The molecular formula is C22H52. The Labute approximate surface area is 145 Å². The van der Waals surface area contributed by atoms with E-state index in [1.54, 1.807) is 0 Å². The van der Waals surface area contributed by atoms with E-state index in [9.17, 15) is 0 Å². The summed E-state index contributed by atoms with van der Waals surface area (Å²) in [5.41, 5.74) is 0.500. The molecule has 0 aromatic carbocycles. The molecule has 0 bridgehead atoms. The van der Waals surface area contributed by atoms with Crippen LogP contribution in [0.5, 0.6) is 0 Å². The fourth-order valence-electron chi connectivity index (χ4n) is 0. The lowest BCUT2D eigenvalue weighted by molar-refractivity contribution is 0.283. The quantitative estimate of drug-likeness (QED) is 0.478. The van der Waals surface area contributed by atoms with Crippen LogP contribution in [0.1, 0.15) is 110 Å². The minimum atomic E-state index is 0.500. The van der Waals surface area contributed by atoms with E-state index in [1.807, 2.05) is 0 Å². The van der Waals surface area contributed by atoms with Gasteiger partial charge in [-0.1, -0.05) is 110 Å². The second-order valence-corrected chi connectivity index (χ2v) is 9.54. The maximum Gasteiger partial charge on any atom is -0.0360 e. The number of hydrogen-bond acceptors (Lipinski definition) is 0. The van der Waals surface area contributed by atoms with Crippen molar-refractivity contribution in [1.29, 1.82) is 0 Å². The van der Waals surface area contributed by atoms with Crippen molar-refractivity contribution in [3.05, 3.63) is 0 Å². The van der Waals surface area contributed by atoms with Crippen LogP contribution in [0.15, 0.2) is 0 Å². The van der Waals surface area contributed by atoms with Crippen molar-refractivity contribution < 1.29 is 0 Å². The summed E-state index contributed by atoms with van der Waals surface area (Å²) in [4.78, 5) is 0. The molecule has 0 amide bonds. The summed E-state index contributed by atoms with van der Waals surface area (Å²) in [5, 5.41) is 0. The first kappa shape index (κ1) is 29.9. The SMILES string of the molecule is CC(C)C.CC(C)C(C)(C)C.CC(C)C(C)C.CCC(C)C. The normalized spacial score (nSPS) is 10.9. The lowest BCUT2D eigenvalue weighted by atomic mass is 9.84. The molecule has 0 atom stereocenters. The average Bonchev–Trinajstić information content (AvgIpc) is 2.28. The van der Waals surface area contributed by atoms with Gasteiger partial charge in [-0.2, -0.15) is 0 Å². The van der Waals surface area contributed by atoms with Crippen molar-refractivity contribution in [2.24, 2.45) is 35.0 Å². The summed E-state index contributed by atoms with van der Waals surface area (Å²) in [6.07, 6.45) is 1.31. The van der Waals surface area contributed by atoms with Crippen molar-refractivity contribution in [3.8, 4) is 0 Å². The number of rotatable bonds is 2. The highest BCUT2D eigenvalue weighted by Crippen LogP contribution is 2.23. The predicted molar refractivity (Wildman–Crippen MR) is 110 cm³/mol. The highest BCUT2D eigenvalue weighted by Gasteiger charge is 2.13. The molecule has 0 aliphatic rings. The summed E-state index contributed by atoms with van der Waals surface area (Å²) in [6.45, 7) is 33.4. The number of hydrogen-bond donors (Lipinski definition) is 0. The molecule has 0 rings (SSSR count). The van der Waals surface area contributed by atoms with E-state index in [2.05, 4.69) is 104 Å². The molecule has 0 radical (unpaired) electrons. The van der Waals surface area contributed by atoms with E-state index in [0.717, 1.165) is 29.6 Å². The van der Waals surface area contributed by atoms with Gasteiger partial charge in [0.05, 0.1) is 0 Å². The van der Waals surface area contributed by atoms with E-state index in [0.29, 0.717) is 5.41 Å². The van der Waals surface area contributed by atoms with E-state index in [1.165, 1.54) is 6.42 Å². The standard InChI is InChI=1S/C7H16.C6H14.C5H12.C4H10/c1-6(2)7(3,4)5;1-5(2)6(3)4;1-4-5(2)3;1-4(2)3/h6H,1-5H3;5-6H,1-4H3;5H,4H2,1-3H3;4H,1-3H3. The van der Waals surface area contributed by atoms with Gasteiger partial charge >= 0.3 is 0 Å². The van der Waals surface area contributed by atoms with Crippen molar-refractivity contribution in [1.82, 2.24) is 0 Å². The summed E-state index contributed by atoms with van der Waals surface area (Å²) >= 11 is 0. The molecule has 0 aliphatic heterocycles. The third-order valence-electron chi connectivity index (χ3n) is 3.88. The zero-order valence-corrected chi connectivity index (χ0v) is 19.1. The Morgan fingerprint density at radius 3 is 0.727 bits per heavy atom. The Bertz CT molecular complexity index is 168. The highest BCUT2D eigenvalue weighted by molar-refractivity contribution is 4.64. The molecule has 140 valence electrons. The molecule has 0 fully saturated rings. The van der Waals surface area contributed by atoms with Gasteiger partial charge in [0.15, 0.2) is 0 Å². The predicted octanol–water partition coefficient (Wildman–Crippen LogP) is 8.70. The summed E-state index contributed by atoms with van der Waals surface area (Å²) in [6, 6.07) is 0. The molecular weight excluding hydrogens is 264 g/mol. The maximum atomic E-state index is 2.26. The summed E-state index contributed by atoms with van der Waals surface area (Å²) < 4.78 is 0. The first-order valence-electron chi connectivity index (χ1n) is 9.59. The molecule has 0 heterocycles. The van der Waals surface area contributed by atoms with Gasteiger partial charge in [0.1, 0.15) is 0 Å². The van der Waals surface area contributed by atoms with Gasteiger partial charge < -0.3 is 0 Å². The molecule has 0 aliphatic carbocycles. The first-order valence-corrected chi connectivity index (χ1v) is 9.59. The van der Waals surface area contributed by atoms with Crippen LogP contribution in [0.2, 0.25) is 0 Å². The summed E-state index contributed by atoms with van der Waals surface area (Å²) in [7, 11) is 0. The van der Waals surface area contributed by atoms with Gasteiger partial charge in [-0.15, -0.1) is 0 Å². The molecule has 0 unspecified atom stereocenters. The second kappa shape index (κ2) is 17.4. The van der Waals surface area contributed by atoms with Gasteiger partial charge in [-0.25, -0.2) is 0 Å². The van der Waals surface area contributed by atoms with Crippen molar-refractivity contribution in [2.45, 2.75) is 110 Å². The molecule has 0 N–H and O–H groups in total. The van der Waals surface area contributed by atoms with Crippen molar-refractivity contribution >= 4 is 0 Å². The Morgan fingerprint density at radius 2 is 0.727 bits per heavy atom. The van der Waals surface area contributed by atoms with Gasteiger partial charge in [-0.05, 0) is 35.0 Å². The molecule has 0 saturated carbocycles. The molecule has 0 aromatic rings. The Balaban J connectivity index is -0.000000100. The summed E-state index contributed by atoms with van der Waals surface area (Å²) in [5.74, 6) is 4.22. The third kappa shape index (κ3) is 50.1. The fourth-order valence-corrected chi connectivity index (χ4v) is 0. The van der Waals surface area contributed by atoms with Gasteiger partial charge in [-0.3, -0.25) is 0 Å². The Morgan fingerprint density at radius 1 is 0.591 bits per heavy atom. The van der Waals surface area contributed by atoms with E-state index in [4.69, 9.17) is 0 Å². The molecule has 0 heteroatoms. The minimum Gasteiger partial charge on any atom is -0.0651 e. The smallest absolute Gasteiger partial charge is 0.0360 e. The Hall–Kier alpha value is 0. The molecule has 22 heavy (non-hydrogen) atoms. The first-order chi connectivity index (χ1) is 9.59. The lowest BCUT2D eigenvalue weighted by Crippen LogP contribution is -2.12. The van der Waals surface area contributed by atoms with Crippen molar-refractivity contribution in [2.75, 3.05) is 0 Å². The largest absolute Gasteiger partial charge is 0.0651 e. The minimum absolute atomic E-state index is 0.500. The van der Waals surface area contributed by atoms with E-state index < -0.39 is 0 Å². The molecule has 0 nitrogen and oxygen atoms in total. The second-order valence-electron chi connectivity index (χ2n) is 9.54. The zero-order valence-electron chi connectivity index (χ0n) is 19.1. The molecule has 0 aromatic heterocycles. The fraction of sp³-hybridized carbons (Fsp3) is 1.00. The molecule has 0 saturated heterocycles. The lowest BCUT2D eigenvalue weighted by Gasteiger charge is -2.22. The van der Waals surface area contributed by atoms with Crippen LogP contribution in [0.25, 0.3) is 0 Å². The topological polar surface area (TPSA) is 0 Å². The third-order valence-corrected chi connectivity index (χ3v) is 3.88. The zero-order chi connectivity index (χ0) is 19.1. The molecule has 0 spiro atoms. The highest BCUT2D eigenvalue weighted by atomic mass is 14.2. The van der Waals surface area contributed by atoms with Crippen LogP contribution in [-0.2, 0) is 0 Å². The van der Waals surface area contributed by atoms with Crippen LogP contribution in [0.3, 0.4) is 0 Å². The van der Waals surface area contributed by atoms with Crippen LogP contribution in [0.4, 0.5) is 0 Å². The van der Waals surface area contributed by atoms with E-state index in [-0.39, 0.29) is 0 Å².